The van der Waals surface area contributed by atoms with Gasteiger partial charge in [-0.3, -0.25) is 9.78 Å². The molecule has 1 heterocycles. The van der Waals surface area contributed by atoms with E-state index in [1.165, 1.54) is 0 Å². The van der Waals surface area contributed by atoms with Crippen molar-refractivity contribution in [2.24, 2.45) is 0 Å². The van der Waals surface area contributed by atoms with Gasteiger partial charge >= 0.3 is 5.97 Å². The van der Waals surface area contributed by atoms with Crippen LogP contribution in [0.5, 0.6) is 0 Å². The Morgan fingerprint density at radius 1 is 1.39 bits per heavy atom. The number of hydrogen-bond donors (Lipinski definition) is 0. The van der Waals surface area contributed by atoms with E-state index in [0.29, 0.717) is 11.6 Å². The number of halogens is 1. The average Bonchev–Trinajstić information content (AvgIpc) is 2.35. The Morgan fingerprint density at radius 3 is 2.83 bits per heavy atom. The third-order valence-corrected chi connectivity index (χ3v) is 3.19. The minimum Gasteiger partial charge on any atom is -0.466 e. The lowest BCUT2D eigenvalue weighted by molar-refractivity contribution is -0.142. The molecule has 0 fully saturated rings. The Morgan fingerprint density at radius 2 is 2.11 bits per heavy atom. The van der Waals surface area contributed by atoms with Crippen molar-refractivity contribution in [3.8, 4) is 0 Å². The van der Waals surface area contributed by atoms with Crippen LogP contribution in [0.25, 0.3) is 10.9 Å². The fourth-order valence-electron chi connectivity index (χ4n) is 1.89. The molecule has 0 unspecified atom stereocenters. The van der Waals surface area contributed by atoms with Crippen LogP contribution in [0.15, 0.2) is 24.3 Å². The number of pyridine rings is 1. The molecule has 2 aromatic rings. The second-order valence-corrected chi connectivity index (χ2v) is 4.37. The summed E-state index contributed by atoms with van der Waals surface area (Å²) >= 11 is 6.34. The molecular weight excluding hydrogens is 250 g/mol. The van der Waals surface area contributed by atoms with Crippen molar-refractivity contribution >= 4 is 28.5 Å². The maximum Gasteiger partial charge on any atom is 0.310 e. The Labute approximate surface area is 111 Å². The molecule has 18 heavy (non-hydrogen) atoms. The summed E-state index contributed by atoms with van der Waals surface area (Å²) in [6.07, 6.45) is 0.163. The zero-order valence-electron chi connectivity index (χ0n) is 10.4. The standard InChI is InChI=1S/C14H14ClNO2/c1-3-18-13(17)8-11-9(2)16-12-7-5-4-6-10(12)14(11)15/h4-7H,3,8H2,1-2H3. The zero-order chi connectivity index (χ0) is 13.1. The molecule has 2 rings (SSSR count). The van der Waals surface area contributed by atoms with Gasteiger partial charge in [0, 0.05) is 16.6 Å². The lowest BCUT2D eigenvalue weighted by Crippen LogP contribution is -2.10. The van der Waals surface area contributed by atoms with Gasteiger partial charge in [0.1, 0.15) is 0 Å². The van der Waals surface area contributed by atoms with Gasteiger partial charge in [-0.05, 0) is 19.9 Å². The lowest BCUT2D eigenvalue weighted by atomic mass is 10.1. The first-order valence-corrected chi connectivity index (χ1v) is 6.20. The van der Waals surface area contributed by atoms with Crippen LogP contribution >= 0.6 is 11.6 Å². The molecule has 0 saturated carbocycles. The summed E-state index contributed by atoms with van der Waals surface area (Å²) in [5.74, 6) is -0.278. The van der Waals surface area contributed by atoms with Crippen molar-refractivity contribution in [1.29, 1.82) is 0 Å². The normalized spacial score (nSPS) is 10.6. The summed E-state index contributed by atoms with van der Waals surface area (Å²) < 4.78 is 4.94. The number of aryl methyl sites for hydroxylation is 1. The molecule has 0 aliphatic rings. The van der Waals surface area contributed by atoms with Crippen LogP contribution in [0.3, 0.4) is 0 Å². The highest BCUT2D eigenvalue weighted by atomic mass is 35.5. The van der Waals surface area contributed by atoms with Gasteiger partial charge in [0.15, 0.2) is 0 Å². The van der Waals surface area contributed by atoms with E-state index in [1.807, 2.05) is 31.2 Å². The molecule has 3 nitrogen and oxygen atoms in total. The highest BCUT2D eigenvalue weighted by Crippen LogP contribution is 2.28. The van der Waals surface area contributed by atoms with E-state index in [1.54, 1.807) is 6.92 Å². The highest BCUT2D eigenvalue weighted by molar-refractivity contribution is 6.36. The minimum absolute atomic E-state index is 0.163. The summed E-state index contributed by atoms with van der Waals surface area (Å²) in [6.45, 7) is 4.01. The molecular formula is C14H14ClNO2. The molecule has 0 bridgehead atoms. The van der Waals surface area contributed by atoms with Gasteiger partial charge in [0.2, 0.25) is 0 Å². The van der Waals surface area contributed by atoms with Crippen LogP contribution in [-0.2, 0) is 16.0 Å². The molecule has 94 valence electrons. The Balaban J connectivity index is 2.47. The van der Waals surface area contributed by atoms with Crippen molar-refractivity contribution in [2.75, 3.05) is 6.61 Å². The van der Waals surface area contributed by atoms with Gasteiger partial charge in [0.05, 0.1) is 23.6 Å². The summed E-state index contributed by atoms with van der Waals surface area (Å²) in [4.78, 5) is 16.0. The Kier molecular flexibility index (Phi) is 3.82. The summed E-state index contributed by atoms with van der Waals surface area (Å²) in [7, 11) is 0. The van der Waals surface area contributed by atoms with Crippen LogP contribution < -0.4 is 0 Å². The van der Waals surface area contributed by atoms with Gasteiger partial charge in [0.25, 0.3) is 0 Å². The number of fused-ring (bicyclic) bond motifs is 1. The van der Waals surface area contributed by atoms with Crippen molar-refractivity contribution in [2.45, 2.75) is 20.3 Å². The van der Waals surface area contributed by atoms with Crippen LogP contribution in [0.2, 0.25) is 5.02 Å². The van der Waals surface area contributed by atoms with Gasteiger partial charge in [-0.2, -0.15) is 0 Å². The number of carbonyl (C=O) groups is 1. The molecule has 0 spiro atoms. The highest BCUT2D eigenvalue weighted by Gasteiger charge is 2.14. The number of hydrogen-bond acceptors (Lipinski definition) is 3. The van der Waals surface area contributed by atoms with Crippen molar-refractivity contribution in [1.82, 2.24) is 4.98 Å². The monoisotopic (exact) mass is 263 g/mol. The average molecular weight is 264 g/mol. The lowest BCUT2D eigenvalue weighted by Gasteiger charge is -2.10. The number of ether oxygens (including phenoxy) is 1. The maximum absolute atomic E-state index is 11.5. The summed E-state index contributed by atoms with van der Waals surface area (Å²) in [6, 6.07) is 7.62. The zero-order valence-corrected chi connectivity index (χ0v) is 11.1. The number of rotatable bonds is 3. The fourth-order valence-corrected chi connectivity index (χ4v) is 2.25. The largest absolute Gasteiger partial charge is 0.466 e. The molecule has 0 aliphatic carbocycles. The first-order chi connectivity index (χ1) is 8.63. The second-order valence-electron chi connectivity index (χ2n) is 3.99. The van der Waals surface area contributed by atoms with Gasteiger partial charge < -0.3 is 4.74 Å². The van der Waals surface area contributed by atoms with Crippen molar-refractivity contribution in [3.05, 3.63) is 40.5 Å². The first kappa shape index (κ1) is 12.8. The van der Waals surface area contributed by atoms with Gasteiger partial charge in [-0.1, -0.05) is 29.8 Å². The van der Waals surface area contributed by atoms with Crippen LogP contribution in [-0.4, -0.2) is 17.6 Å². The quantitative estimate of drug-likeness (QED) is 0.798. The third kappa shape index (κ3) is 2.46. The summed E-state index contributed by atoms with van der Waals surface area (Å²) in [5.41, 5.74) is 2.35. The van der Waals surface area contributed by atoms with E-state index in [9.17, 15) is 4.79 Å². The number of carbonyl (C=O) groups excluding carboxylic acids is 1. The van der Waals surface area contributed by atoms with Crippen LogP contribution in [0, 0.1) is 6.92 Å². The molecule has 1 aromatic carbocycles. The number of para-hydroxylation sites is 1. The van der Waals surface area contributed by atoms with Crippen LogP contribution in [0.1, 0.15) is 18.2 Å². The van der Waals surface area contributed by atoms with E-state index < -0.39 is 0 Å². The molecule has 0 amide bonds. The van der Waals surface area contributed by atoms with Gasteiger partial charge in [-0.25, -0.2) is 0 Å². The third-order valence-electron chi connectivity index (χ3n) is 2.76. The minimum atomic E-state index is -0.278. The van der Waals surface area contributed by atoms with E-state index >= 15 is 0 Å². The predicted octanol–water partition coefficient (Wildman–Crippen LogP) is 3.30. The molecule has 0 saturated heterocycles. The molecule has 0 aliphatic heterocycles. The molecule has 1 aromatic heterocycles. The van der Waals surface area contributed by atoms with E-state index in [-0.39, 0.29) is 12.4 Å². The van der Waals surface area contributed by atoms with E-state index in [0.717, 1.165) is 22.2 Å². The SMILES string of the molecule is CCOC(=O)Cc1c(C)nc2ccccc2c1Cl. The maximum atomic E-state index is 11.5. The topological polar surface area (TPSA) is 39.2 Å². The van der Waals surface area contributed by atoms with Crippen molar-refractivity contribution < 1.29 is 9.53 Å². The summed E-state index contributed by atoms with van der Waals surface area (Å²) in [5, 5.41) is 1.45. The number of nitrogens with zero attached hydrogens (tertiary/aromatic N) is 1. The van der Waals surface area contributed by atoms with E-state index in [4.69, 9.17) is 16.3 Å². The predicted molar refractivity (Wildman–Crippen MR) is 71.8 cm³/mol. The number of esters is 1. The van der Waals surface area contributed by atoms with E-state index in [2.05, 4.69) is 4.98 Å². The van der Waals surface area contributed by atoms with Crippen molar-refractivity contribution in [3.63, 3.8) is 0 Å². The Bertz CT molecular complexity index is 596. The molecule has 0 radical (unpaired) electrons. The number of aromatic nitrogens is 1. The fraction of sp³-hybridized carbons (Fsp3) is 0.286. The number of benzene rings is 1. The first-order valence-electron chi connectivity index (χ1n) is 5.82. The molecule has 4 heteroatoms. The molecule has 0 N–H and O–H groups in total. The van der Waals surface area contributed by atoms with Crippen LogP contribution in [0.4, 0.5) is 0 Å². The Hall–Kier alpha value is -1.61. The second kappa shape index (κ2) is 5.36. The smallest absolute Gasteiger partial charge is 0.310 e. The molecule has 0 atom stereocenters. The van der Waals surface area contributed by atoms with Gasteiger partial charge in [-0.15, -0.1) is 0 Å².